The van der Waals surface area contributed by atoms with Gasteiger partial charge in [-0.3, -0.25) is 4.79 Å². The smallest absolute Gasteiger partial charge is 0.341 e. The van der Waals surface area contributed by atoms with Gasteiger partial charge in [0.25, 0.3) is 5.91 Å². The van der Waals surface area contributed by atoms with Crippen LogP contribution in [0.4, 0.5) is 14.5 Å². The Kier molecular flexibility index (Phi) is 6.83. The Hall–Kier alpha value is -3.79. The number of sulfone groups is 1. The van der Waals surface area contributed by atoms with Crippen molar-refractivity contribution in [2.75, 3.05) is 23.5 Å². The summed E-state index contributed by atoms with van der Waals surface area (Å²) < 4.78 is 64.4. The maximum Gasteiger partial charge on any atom is 0.341 e. The molecule has 1 fully saturated rings. The standard InChI is InChI=1S/C25H21F2NO6S/c1-33-17-12-10-16(11-13-17)28(24(29)18-6-2-4-8-20(18)26)22-14-35(31,32)15-23(22)34-25(30)19-7-3-5-9-21(19)27/h2-13,22-23H,14-15H2,1H3/t22-,23-/m1/s1. The summed E-state index contributed by atoms with van der Waals surface area (Å²) >= 11 is 0. The molecule has 10 heteroatoms. The molecule has 35 heavy (non-hydrogen) atoms. The van der Waals surface area contributed by atoms with Crippen LogP contribution in [0.25, 0.3) is 0 Å². The van der Waals surface area contributed by atoms with Gasteiger partial charge in [-0.1, -0.05) is 24.3 Å². The van der Waals surface area contributed by atoms with Gasteiger partial charge in [-0.25, -0.2) is 22.0 Å². The minimum atomic E-state index is -3.76. The van der Waals surface area contributed by atoms with E-state index < -0.39 is 57.0 Å². The predicted molar refractivity (Wildman–Crippen MR) is 124 cm³/mol. The number of amides is 1. The summed E-state index contributed by atoms with van der Waals surface area (Å²) in [4.78, 5) is 27.3. The molecule has 0 radical (unpaired) electrons. The second-order valence-electron chi connectivity index (χ2n) is 7.92. The van der Waals surface area contributed by atoms with Crippen LogP contribution in [0.2, 0.25) is 0 Å². The Morgan fingerprint density at radius 2 is 1.43 bits per heavy atom. The SMILES string of the molecule is COc1ccc(N(C(=O)c2ccccc2F)[C@@H]2CS(=O)(=O)C[C@H]2OC(=O)c2ccccc2F)cc1. The lowest BCUT2D eigenvalue weighted by Gasteiger charge is -2.32. The number of nitrogens with zero attached hydrogens (tertiary/aromatic N) is 1. The lowest BCUT2D eigenvalue weighted by Crippen LogP contribution is -2.48. The van der Waals surface area contributed by atoms with Crippen LogP contribution in [0.5, 0.6) is 5.75 Å². The van der Waals surface area contributed by atoms with Crippen LogP contribution in [0.15, 0.2) is 72.8 Å². The minimum Gasteiger partial charge on any atom is -0.497 e. The van der Waals surface area contributed by atoms with Crippen molar-refractivity contribution < 1.29 is 36.3 Å². The van der Waals surface area contributed by atoms with Crippen LogP contribution >= 0.6 is 0 Å². The van der Waals surface area contributed by atoms with Gasteiger partial charge in [0.2, 0.25) is 0 Å². The van der Waals surface area contributed by atoms with Gasteiger partial charge in [-0.05, 0) is 48.5 Å². The van der Waals surface area contributed by atoms with Crippen LogP contribution in [-0.2, 0) is 14.6 Å². The molecule has 0 aliphatic carbocycles. The second kappa shape index (κ2) is 9.83. The number of ether oxygens (including phenoxy) is 2. The Balaban J connectivity index is 1.76. The molecule has 0 unspecified atom stereocenters. The second-order valence-corrected chi connectivity index (χ2v) is 10.1. The van der Waals surface area contributed by atoms with Gasteiger partial charge in [0.1, 0.15) is 23.5 Å². The number of carbonyl (C=O) groups is 2. The Bertz CT molecular complexity index is 1360. The molecule has 1 heterocycles. The Labute approximate surface area is 200 Å². The van der Waals surface area contributed by atoms with Gasteiger partial charge < -0.3 is 14.4 Å². The number of rotatable bonds is 6. The molecule has 0 N–H and O–H groups in total. The molecule has 0 spiro atoms. The average molecular weight is 502 g/mol. The first kappa shape index (κ1) is 24.3. The van der Waals surface area contributed by atoms with E-state index in [9.17, 15) is 26.8 Å². The van der Waals surface area contributed by atoms with Crippen molar-refractivity contribution in [1.82, 2.24) is 0 Å². The third-order valence-electron chi connectivity index (χ3n) is 5.63. The number of hydrogen-bond acceptors (Lipinski definition) is 6. The van der Waals surface area contributed by atoms with Crippen LogP contribution < -0.4 is 9.64 Å². The molecule has 1 aliphatic heterocycles. The molecule has 1 saturated heterocycles. The minimum absolute atomic E-state index is 0.244. The highest BCUT2D eigenvalue weighted by molar-refractivity contribution is 7.91. The first-order valence-corrected chi connectivity index (χ1v) is 12.4. The van der Waals surface area contributed by atoms with Crippen molar-refractivity contribution in [1.29, 1.82) is 0 Å². The number of hydrogen-bond donors (Lipinski definition) is 0. The normalized spacial score (nSPS) is 18.6. The van der Waals surface area contributed by atoms with Gasteiger partial charge in [0, 0.05) is 5.69 Å². The first-order chi connectivity index (χ1) is 16.7. The largest absolute Gasteiger partial charge is 0.497 e. The summed E-state index contributed by atoms with van der Waals surface area (Å²) in [5.41, 5.74) is -0.410. The monoisotopic (exact) mass is 501 g/mol. The van der Waals surface area contributed by atoms with Gasteiger partial charge in [0.05, 0.1) is 35.8 Å². The van der Waals surface area contributed by atoms with E-state index in [4.69, 9.17) is 9.47 Å². The maximum atomic E-state index is 14.5. The molecule has 3 aromatic carbocycles. The lowest BCUT2D eigenvalue weighted by molar-refractivity contribution is 0.0309. The van der Waals surface area contributed by atoms with E-state index in [1.165, 1.54) is 55.6 Å². The molecule has 3 aromatic rings. The molecule has 1 amide bonds. The molecule has 0 aromatic heterocycles. The van der Waals surface area contributed by atoms with E-state index in [2.05, 4.69) is 0 Å². The lowest BCUT2D eigenvalue weighted by atomic mass is 10.1. The molecular formula is C25H21F2NO6S. The fourth-order valence-electron chi connectivity index (χ4n) is 3.94. The van der Waals surface area contributed by atoms with E-state index in [1.54, 1.807) is 12.1 Å². The van der Waals surface area contributed by atoms with Crippen LogP contribution in [0, 0.1) is 11.6 Å². The van der Waals surface area contributed by atoms with Crippen molar-refractivity contribution in [3.63, 3.8) is 0 Å². The van der Waals surface area contributed by atoms with Gasteiger partial charge in [-0.2, -0.15) is 0 Å². The summed E-state index contributed by atoms with van der Waals surface area (Å²) in [5, 5.41) is 0. The summed E-state index contributed by atoms with van der Waals surface area (Å²) in [6.07, 6.45) is -1.31. The number of anilines is 1. The fraction of sp³-hybridized carbons (Fsp3) is 0.200. The highest BCUT2D eigenvalue weighted by Gasteiger charge is 2.46. The molecule has 7 nitrogen and oxygen atoms in total. The third-order valence-corrected chi connectivity index (χ3v) is 7.32. The molecule has 4 rings (SSSR count). The third kappa shape index (κ3) is 5.17. The Morgan fingerprint density at radius 1 is 0.857 bits per heavy atom. The van der Waals surface area contributed by atoms with E-state index >= 15 is 0 Å². The summed E-state index contributed by atoms with van der Waals surface area (Å²) in [6.45, 7) is 0. The number of esters is 1. The predicted octanol–water partition coefficient (Wildman–Crippen LogP) is 3.64. The quantitative estimate of drug-likeness (QED) is 0.479. The summed E-state index contributed by atoms with van der Waals surface area (Å²) in [6, 6.07) is 15.4. The van der Waals surface area contributed by atoms with E-state index in [0.29, 0.717) is 5.75 Å². The summed E-state index contributed by atoms with van der Waals surface area (Å²) in [5.74, 6) is -4.14. The van der Waals surface area contributed by atoms with Crippen molar-refractivity contribution in [2.24, 2.45) is 0 Å². The van der Waals surface area contributed by atoms with Crippen LogP contribution in [-0.4, -0.2) is 51.1 Å². The fourth-order valence-corrected chi connectivity index (χ4v) is 5.76. The van der Waals surface area contributed by atoms with Crippen LogP contribution in [0.1, 0.15) is 20.7 Å². The van der Waals surface area contributed by atoms with E-state index in [1.807, 2.05) is 0 Å². The molecule has 2 atom stereocenters. The molecule has 0 bridgehead atoms. The van der Waals surface area contributed by atoms with Gasteiger partial charge in [0.15, 0.2) is 9.84 Å². The first-order valence-electron chi connectivity index (χ1n) is 10.6. The highest BCUT2D eigenvalue weighted by atomic mass is 32.2. The summed E-state index contributed by atoms with van der Waals surface area (Å²) in [7, 11) is -2.30. The van der Waals surface area contributed by atoms with E-state index in [-0.39, 0.29) is 16.8 Å². The average Bonchev–Trinajstić information content (AvgIpc) is 3.13. The van der Waals surface area contributed by atoms with Gasteiger partial charge >= 0.3 is 5.97 Å². The molecule has 1 aliphatic rings. The number of methoxy groups -OCH3 is 1. The van der Waals surface area contributed by atoms with Crippen molar-refractivity contribution >= 4 is 27.4 Å². The zero-order chi connectivity index (χ0) is 25.2. The Morgan fingerprint density at radius 3 is 2.00 bits per heavy atom. The van der Waals surface area contributed by atoms with Crippen molar-refractivity contribution in [2.45, 2.75) is 12.1 Å². The highest BCUT2D eigenvalue weighted by Crippen LogP contribution is 2.31. The number of halogens is 2. The number of carbonyl (C=O) groups excluding carboxylic acids is 2. The molecule has 0 saturated carbocycles. The number of benzene rings is 3. The van der Waals surface area contributed by atoms with Crippen molar-refractivity contribution in [3.05, 3.63) is 95.6 Å². The van der Waals surface area contributed by atoms with Crippen molar-refractivity contribution in [3.8, 4) is 5.75 Å². The topological polar surface area (TPSA) is 90.0 Å². The molecule has 182 valence electrons. The van der Waals surface area contributed by atoms with E-state index in [0.717, 1.165) is 17.0 Å². The van der Waals surface area contributed by atoms with Crippen LogP contribution in [0.3, 0.4) is 0 Å². The molecular weight excluding hydrogens is 480 g/mol. The zero-order valence-corrected chi connectivity index (χ0v) is 19.4. The zero-order valence-electron chi connectivity index (χ0n) is 18.6. The maximum absolute atomic E-state index is 14.5. The van der Waals surface area contributed by atoms with Gasteiger partial charge in [-0.15, -0.1) is 0 Å².